The molecule has 2 nitrogen and oxygen atoms in total. The molecule has 0 aromatic carbocycles. The fourth-order valence-electron chi connectivity index (χ4n) is 0.715. The summed E-state index contributed by atoms with van der Waals surface area (Å²) in [6.45, 7) is 9.98. The number of hydrogen-bond acceptors (Lipinski definition) is 2. The molecule has 0 amide bonds. The van der Waals surface area contributed by atoms with Crippen LogP contribution in [0.3, 0.4) is 0 Å². The van der Waals surface area contributed by atoms with E-state index in [1.54, 1.807) is 0 Å². The SMILES string of the molecule is C=C(C)CCNCC(C)CO. The normalized spacial score (nSPS) is 13.0. The smallest absolute Gasteiger partial charge is 0.0468 e. The second-order valence-electron chi connectivity index (χ2n) is 3.20. The van der Waals surface area contributed by atoms with Gasteiger partial charge in [0.2, 0.25) is 0 Å². The van der Waals surface area contributed by atoms with Crippen LogP contribution in [-0.2, 0) is 0 Å². The summed E-state index contributed by atoms with van der Waals surface area (Å²) in [7, 11) is 0. The van der Waals surface area contributed by atoms with Crippen LogP contribution in [0.4, 0.5) is 0 Å². The van der Waals surface area contributed by atoms with Crippen molar-refractivity contribution in [2.24, 2.45) is 5.92 Å². The predicted octanol–water partition coefficient (Wildman–Crippen LogP) is 1.17. The van der Waals surface area contributed by atoms with Gasteiger partial charge in [0, 0.05) is 6.61 Å². The van der Waals surface area contributed by atoms with Gasteiger partial charge in [0.15, 0.2) is 0 Å². The monoisotopic (exact) mass is 157 g/mol. The second kappa shape index (κ2) is 6.38. The molecule has 0 aromatic heterocycles. The van der Waals surface area contributed by atoms with Gasteiger partial charge < -0.3 is 10.4 Å². The summed E-state index contributed by atoms with van der Waals surface area (Å²) in [6, 6.07) is 0. The lowest BCUT2D eigenvalue weighted by Gasteiger charge is -2.08. The van der Waals surface area contributed by atoms with Crippen LogP contribution >= 0.6 is 0 Å². The van der Waals surface area contributed by atoms with E-state index in [1.807, 2.05) is 13.8 Å². The summed E-state index contributed by atoms with van der Waals surface area (Å²) in [5.41, 5.74) is 1.20. The Morgan fingerprint density at radius 3 is 2.73 bits per heavy atom. The fourth-order valence-corrected chi connectivity index (χ4v) is 0.715. The molecule has 1 atom stereocenters. The van der Waals surface area contributed by atoms with E-state index in [9.17, 15) is 0 Å². The predicted molar refractivity (Wildman–Crippen MR) is 48.6 cm³/mol. The Kier molecular flexibility index (Phi) is 6.18. The molecule has 0 aliphatic carbocycles. The van der Waals surface area contributed by atoms with Crippen molar-refractivity contribution in [3.63, 3.8) is 0 Å². The van der Waals surface area contributed by atoms with E-state index in [4.69, 9.17) is 5.11 Å². The summed E-state index contributed by atoms with van der Waals surface area (Å²) in [5.74, 6) is 0.361. The van der Waals surface area contributed by atoms with Crippen LogP contribution in [0, 0.1) is 5.92 Å². The molecule has 0 aliphatic heterocycles. The van der Waals surface area contributed by atoms with Gasteiger partial charge in [-0.05, 0) is 32.4 Å². The van der Waals surface area contributed by atoms with Crippen LogP contribution in [0.15, 0.2) is 12.2 Å². The zero-order chi connectivity index (χ0) is 8.69. The van der Waals surface area contributed by atoms with E-state index >= 15 is 0 Å². The Labute approximate surface area is 69.3 Å². The van der Waals surface area contributed by atoms with E-state index in [0.717, 1.165) is 19.5 Å². The van der Waals surface area contributed by atoms with Crippen molar-refractivity contribution in [1.82, 2.24) is 5.32 Å². The molecule has 0 saturated carbocycles. The molecule has 0 aliphatic rings. The maximum atomic E-state index is 8.69. The summed E-state index contributed by atoms with van der Waals surface area (Å²) in [6.07, 6.45) is 1.03. The van der Waals surface area contributed by atoms with Gasteiger partial charge in [-0.2, -0.15) is 0 Å². The summed E-state index contributed by atoms with van der Waals surface area (Å²) in [5, 5.41) is 11.9. The Morgan fingerprint density at radius 2 is 2.27 bits per heavy atom. The number of nitrogens with one attached hydrogen (secondary N) is 1. The van der Waals surface area contributed by atoms with Gasteiger partial charge in [0.25, 0.3) is 0 Å². The van der Waals surface area contributed by atoms with Crippen molar-refractivity contribution in [2.75, 3.05) is 19.7 Å². The first-order valence-electron chi connectivity index (χ1n) is 4.12. The highest BCUT2D eigenvalue weighted by molar-refractivity contribution is 4.88. The molecule has 0 heterocycles. The van der Waals surface area contributed by atoms with Gasteiger partial charge in [-0.3, -0.25) is 0 Å². The van der Waals surface area contributed by atoms with E-state index in [-0.39, 0.29) is 6.61 Å². The average Bonchev–Trinajstić information content (AvgIpc) is 1.97. The number of aliphatic hydroxyl groups excluding tert-OH is 1. The Hall–Kier alpha value is -0.340. The molecular weight excluding hydrogens is 138 g/mol. The second-order valence-corrected chi connectivity index (χ2v) is 3.20. The molecule has 0 aromatic rings. The largest absolute Gasteiger partial charge is 0.396 e. The Balaban J connectivity index is 3.08. The standard InChI is InChI=1S/C9H19NO/c1-8(2)4-5-10-6-9(3)7-11/h9-11H,1,4-7H2,2-3H3. The molecule has 0 radical (unpaired) electrons. The molecule has 2 heteroatoms. The summed E-state index contributed by atoms with van der Waals surface area (Å²) >= 11 is 0. The van der Waals surface area contributed by atoms with E-state index in [0.29, 0.717) is 5.92 Å². The van der Waals surface area contributed by atoms with Crippen molar-refractivity contribution in [3.05, 3.63) is 12.2 Å². The number of rotatable bonds is 6. The molecule has 2 N–H and O–H groups in total. The zero-order valence-corrected chi connectivity index (χ0v) is 7.56. The first-order valence-corrected chi connectivity index (χ1v) is 4.12. The summed E-state index contributed by atoms with van der Waals surface area (Å²) < 4.78 is 0. The van der Waals surface area contributed by atoms with Gasteiger partial charge in [0.1, 0.15) is 0 Å². The number of aliphatic hydroxyl groups is 1. The quantitative estimate of drug-likeness (QED) is 0.448. The first kappa shape index (κ1) is 10.7. The lowest BCUT2D eigenvalue weighted by molar-refractivity contribution is 0.234. The van der Waals surface area contributed by atoms with Crippen molar-refractivity contribution in [2.45, 2.75) is 20.3 Å². The van der Waals surface area contributed by atoms with Crippen LogP contribution in [0.2, 0.25) is 0 Å². The first-order chi connectivity index (χ1) is 5.16. The van der Waals surface area contributed by atoms with Gasteiger partial charge >= 0.3 is 0 Å². The minimum absolute atomic E-state index is 0.264. The highest BCUT2D eigenvalue weighted by Gasteiger charge is 1.97. The molecule has 0 saturated heterocycles. The van der Waals surface area contributed by atoms with Crippen LogP contribution in [0.25, 0.3) is 0 Å². The molecule has 0 bridgehead atoms. The minimum atomic E-state index is 0.264. The number of hydrogen-bond donors (Lipinski definition) is 2. The molecule has 66 valence electrons. The zero-order valence-electron chi connectivity index (χ0n) is 7.56. The Bertz CT molecular complexity index is 112. The summed E-state index contributed by atoms with van der Waals surface area (Å²) in [4.78, 5) is 0. The van der Waals surface area contributed by atoms with Crippen molar-refractivity contribution >= 4 is 0 Å². The molecule has 1 unspecified atom stereocenters. The van der Waals surface area contributed by atoms with E-state index < -0.39 is 0 Å². The van der Waals surface area contributed by atoms with Crippen LogP contribution in [0.5, 0.6) is 0 Å². The highest BCUT2D eigenvalue weighted by Crippen LogP contribution is 1.93. The maximum absolute atomic E-state index is 8.69. The third kappa shape index (κ3) is 7.56. The molecule has 0 rings (SSSR count). The molecule has 0 fully saturated rings. The van der Waals surface area contributed by atoms with Crippen molar-refractivity contribution in [3.8, 4) is 0 Å². The average molecular weight is 157 g/mol. The van der Waals surface area contributed by atoms with Crippen molar-refractivity contribution < 1.29 is 5.11 Å². The van der Waals surface area contributed by atoms with Crippen LogP contribution in [-0.4, -0.2) is 24.8 Å². The van der Waals surface area contributed by atoms with E-state index in [2.05, 4.69) is 11.9 Å². The van der Waals surface area contributed by atoms with Crippen LogP contribution in [0.1, 0.15) is 20.3 Å². The molecule has 0 spiro atoms. The van der Waals surface area contributed by atoms with Gasteiger partial charge in [-0.25, -0.2) is 0 Å². The highest BCUT2D eigenvalue weighted by atomic mass is 16.3. The van der Waals surface area contributed by atoms with Gasteiger partial charge in [0.05, 0.1) is 0 Å². The topological polar surface area (TPSA) is 32.3 Å². The minimum Gasteiger partial charge on any atom is -0.396 e. The van der Waals surface area contributed by atoms with E-state index in [1.165, 1.54) is 5.57 Å². The molecular formula is C9H19NO. The maximum Gasteiger partial charge on any atom is 0.0468 e. The van der Waals surface area contributed by atoms with Gasteiger partial charge in [-0.15, -0.1) is 6.58 Å². The van der Waals surface area contributed by atoms with Crippen LogP contribution < -0.4 is 5.32 Å². The lowest BCUT2D eigenvalue weighted by atomic mass is 10.2. The third-order valence-corrected chi connectivity index (χ3v) is 1.53. The fraction of sp³-hybridized carbons (Fsp3) is 0.778. The Morgan fingerprint density at radius 1 is 1.64 bits per heavy atom. The lowest BCUT2D eigenvalue weighted by Crippen LogP contribution is -2.24. The molecule has 11 heavy (non-hydrogen) atoms. The van der Waals surface area contributed by atoms with Crippen molar-refractivity contribution in [1.29, 1.82) is 0 Å². The third-order valence-electron chi connectivity index (χ3n) is 1.53. The van der Waals surface area contributed by atoms with Gasteiger partial charge in [-0.1, -0.05) is 12.5 Å².